The molecule has 20 heavy (non-hydrogen) atoms. The molecule has 1 aromatic rings. The molecule has 110 valence electrons. The zero-order chi connectivity index (χ0) is 14.5. The number of rotatable bonds is 5. The van der Waals surface area contributed by atoms with E-state index in [1.54, 1.807) is 12.1 Å². The van der Waals surface area contributed by atoms with Crippen LogP contribution in [0.2, 0.25) is 0 Å². The maximum atomic E-state index is 12.2. The number of carbonyl (C=O) groups excluding carboxylic acids is 1. The van der Waals surface area contributed by atoms with E-state index in [9.17, 15) is 9.90 Å². The third-order valence-electron chi connectivity index (χ3n) is 4.07. The lowest BCUT2D eigenvalue weighted by atomic mass is 9.98. The molecule has 0 aromatic heterocycles. The second kappa shape index (κ2) is 6.75. The third kappa shape index (κ3) is 3.73. The number of aromatic hydroxyl groups is 1. The van der Waals surface area contributed by atoms with Crippen molar-refractivity contribution in [1.82, 2.24) is 4.90 Å². The number of fused-ring (bicyclic) bond motifs is 1. The second-order valence-electron chi connectivity index (χ2n) is 5.74. The van der Waals surface area contributed by atoms with Gasteiger partial charge in [-0.2, -0.15) is 0 Å². The van der Waals surface area contributed by atoms with Crippen LogP contribution in [0, 0.1) is 5.92 Å². The van der Waals surface area contributed by atoms with Crippen molar-refractivity contribution in [2.45, 2.75) is 39.2 Å². The molecule has 1 aromatic carbocycles. The Balaban J connectivity index is 1.90. The van der Waals surface area contributed by atoms with E-state index in [0.717, 1.165) is 31.4 Å². The number of nitrogens with zero attached hydrogens (tertiary/aromatic N) is 1. The van der Waals surface area contributed by atoms with Crippen LogP contribution in [0.4, 0.5) is 0 Å². The topological polar surface area (TPSA) is 66.6 Å². The fourth-order valence-corrected chi connectivity index (χ4v) is 2.71. The van der Waals surface area contributed by atoms with E-state index >= 15 is 0 Å². The molecule has 1 unspecified atom stereocenters. The van der Waals surface area contributed by atoms with Crippen molar-refractivity contribution in [3.05, 3.63) is 29.3 Å². The summed E-state index contributed by atoms with van der Waals surface area (Å²) in [6.07, 6.45) is 3.35. The molecule has 3 N–H and O–H groups in total. The van der Waals surface area contributed by atoms with Crippen LogP contribution in [0.3, 0.4) is 0 Å². The molecule has 0 radical (unpaired) electrons. The van der Waals surface area contributed by atoms with Crippen molar-refractivity contribution in [2.24, 2.45) is 11.7 Å². The number of hydrogen-bond acceptors (Lipinski definition) is 3. The fraction of sp³-hybridized carbons (Fsp3) is 0.562. The molecule has 1 atom stereocenters. The summed E-state index contributed by atoms with van der Waals surface area (Å²) in [5.41, 5.74) is 7.84. The average Bonchev–Trinajstić information content (AvgIpc) is 2.44. The molecule has 1 heterocycles. The predicted octanol–water partition coefficient (Wildman–Crippen LogP) is 2.04. The van der Waals surface area contributed by atoms with E-state index in [4.69, 9.17) is 5.73 Å². The van der Waals surface area contributed by atoms with Crippen LogP contribution in [-0.2, 0) is 17.8 Å². The van der Waals surface area contributed by atoms with Crippen molar-refractivity contribution >= 4 is 5.91 Å². The molecule has 2 rings (SSSR count). The van der Waals surface area contributed by atoms with Crippen molar-refractivity contribution < 1.29 is 9.90 Å². The third-order valence-corrected chi connectivity index (χ3v) is 4.07. The first-order valence-electron chi connectivity index (χ1n) is 7.38. The Morgan fingerprint density at radius 1 is 1.40 bits per heavy atom. The van der Waals surface area contributed by atoms with Gasteiger partial charge < -0.3 is 15.7 Å². The lowest BCUT2D eigenvalue weighted by Gasteiger charge is -2.29. The molecule has 4 nitrogen and oxygen atoms in total. The lowest BCUT2D eigenvalue weighted by molar-refractivity contribution is -0.132. The van der Waals surface area contributed by atoms with Gasteiger partial charge in [0, 0.05) is 19.5 Å². The van der Waals surface area contributed by atoms with Crippen LogP contribution in [0.25, 0.3) is 0 Å². The summed E-state index contributed by atoms with van der Waals surface area (Å²) < 4.78 is 0. The molecule has 1 aliphatic heterocycles. The Hall–Kier alpha value is -1.55. The zero-order valence-corrected chi connectivity index (χ0v) is 12.1. The van der Waals surface area contributed by atoms with E-state index < -0.39 is 0 Å². The van der Waals surface area contributed by atoms with Crippen molar-refractivity contribution in [1.29, 1.82) is 0 Å². The SMILES string of the molecule is CC(CCN)CCC(=O)N1CCc2ccc(O)cc2C1. The number of carbonyl (C=O) groups is 1. The van der Waals surface area contributed by atoms with Crippen LogP contribution in [0.15, 0.2) is 18.2 Å². The number of amides is 1. The predicted molar refractivity (Wildman–Crippen MR) is 79.3 cm³/mol. The lowest BCUT2D eigenvalue weighted by Crippen LogP contribution is -2.36. The normalized spacial score (nSPS) is 15.8. The van der Waals surface area contributed by atoms with E-state index in [0.29, 0.717) is 25.4 Å². The maximum absolute atomic E-state index is 12.2. The fourth-order valence-electron chi connectivity index (χ4n) is 2.71. The summed E-state index contributed by atoms with van der Waals surface area (Å²) in [4.78, 5) is 14.1. The molecule has 1 amide bonds. The van der Waals surface area contributed by atoms with Gasteiger partial charge in [0.1, 0.15) is 5.75 Å². The molecule has 0 spiro atoms. The summed E-state index contributed by atoms with van der Waals surface area (Å²) in [5.74, 6) is 0.988. The highest BCUT2D eigenvalue weighted by atomic mass is 16.3. The summed E-state index contributed by atoms with van der Waals surface area (Å²) in [6.45, 7) is 4.23. The zero-order valence-electron chi connectivity index (χ0n) is 12.1. The summed E-state index contributed by atoms with van der Waals surface area (Å²) in [5, 5.41) is 9.53. The first-order valence-corrected chi connectivity index (χ1v) is 7.38. The van der Waals surface area contributed by atoms with Gasteiger partial charge in [-0.1, -0.05) is 13.0 Å². The monoisotopic (exact) mass is 276 g/mol. The number of benzene rings is 1. The van der Waals surface area contributed by atoms with Gasteiger partial charge in [0.15, 0.2) is 0 Å². The Morgan fingerprint density at radius 3 is 2.95 bits per heavy atom. The van der Waals surface area contributed by atoms with Crippen LogP contribution in [0.5, 0.6) is 5.75 Å². The Bertz CT molecular complexity index is 474. The van der Waals surface area contributed by atoms with Crippen LogP contribution in [-0.4, -0.2) is 29.0 Å². The molecular formula is C16H24N2O2. The van der Waals surface area contributed by atoms with Gasteiger partial charge in [-0.15, -0.1) is 0 Å². The molecule has 4 heteroatoms. The van der Waals surface area contributed by atoms with Gasteiger partial charge in [0.25, 0.3) is 0 Å². The van der Waals surface area contributed by atoms with Gasteiger partial charge >= 0.3 is 0 Å². The standard InChI is InChI=1S/C16H24N2O2/c1-12(6-8-17)2-5-16(20)18-9-7-13-3-4-15(19)10-14(13)11-18/h3-4,10,12,19H,2,5-9,11,17H2,1H3. The second-order valence-corrected chi connectivity index (χ2v) is 5.74. The van der Waals surface area contributed by atoms with E-state index in [2.05, 4.69) is 6.92 Å². The number of nitrogens with two attached hydrogens (primary N) is 1. The van der Waals surface area contributed by atoms with Gasteiger partial charge in [0.2, 0.25) is 5.91 Å². The minimum absolute atomic E-state index is 0.211. The molecular weight excluding hydrogens is 252 g/mol. The van der Waals surface area contributed by atoms with E-state index in [1.165, 1.54) is 5.56 Å². The Kier molecular flexibility index (Phi) is 5.01. The molecule has 0 saturated carbocycles. The average molecular weight is 276 g/mol. The minimum Gasteiger partial charge on any atom is -0.508 e. The van der Waals surface area contributed by atoms with Gasteiger partial charge in [-0.05, 0) is 55.0 Å². The first kappa shape index (κ1) is 14.9. The quantitative estimate of drug-likeness (QED) is 0.865. The van der Waals surface area contributed by atoms with Crippen LogP contribution >= 0.6 is 0 Å². The van der Waals surface area contributed by atoms with Crippen LogP contribution < -0.4 is 5.73 Å². The highest BCUT2D eigenvalue weighted by Crippen LogP contribution is 2.24. The van der Waals surface area contributed by atoms with Crippen LogP contribution in [0.1, 0.15) is 37.3 Å². The largest absolute Gasteiger partial charge is 0.508 e. The van der Waals surface area contributed by atoms with Gasteiger partial charge in [0.05, 0.1) is 0 Å². The summed E-state index contributed by atoms with van der Waals surface area (Å²) >= 11 is 0. The highest BCUT2D eigenvalue weighted by molar-refractivity contribution is 5.76. The van der Waals surface area contributed by atoms with Crippen molar-refractivity contribution in [3.63, 3.8) is 0 Å². The smallest absolute Gasteiger partial charge is 0.222 e. The Labute approximate surface area is 120 Å². The number of hydrogen-bond donors (Lipinski definition) is 2. The Morgan fingerprint density at radius 2 is 2.20 bits per heavy atom. The van der Waals surface area contributed by atoms with Crippen molar-refractivity contribution in [3.8, 4) is 5.75 Å². The molecule has 0 saturated heterocycles. The summed E-state index contributed by atoms with van der Waals surface area (Å²) in [7, 11) is 0. The molecule has 0 aliphatic carbocycles. The summed E-state index contributed by atoms with van der Waals surface area (Å²) in [6, 6.07) is 5.44. The highest BCUT2D eigenvalue weighted by Gasteiger charge is 2.21. The molecule has 0 bridgehead atoms. The first-order chi connectivity index (χ1) is 9.60. The van der Waals surface area contributed by atoms with Gasteiger partial charge in [-0.3, -0.25) is 4.79 Å². The molecule has 1 aliphatic rings. The van der Waals surface area contributed by atoms with E-state index in [1.807, 2.05) is 11.0 Å². The number of phenolic OH excluding ortho intramolecular Hbond substituents is 1. The minimum atomic E-state index is 0.211. The molecule has 0 fully saturated rings. The number of phenols is 1. The van der Waals surface area contributed by atoms with E-state index in [-0.39, 0.29) is 11.7 Å². The maximum Gasteiger partial charge on any atom is 0.222 e. The van der Waals surface area contributed by atoms with Crippen molar-refractivity contribution in [2.75, 3.05) is 13.1 Å². The van der Waals surface area contributed by atoms with Gasteiger partial charge in [-0.25, -0.2) is 0 Å².